The van der Waals surface area contributed by atoms with Crippen molar-refractivity contribution in [1.29, 1.82) is 0 Å². The van der Waals surface area contributed by atoms with Crippen LogP contribution in [0.5, 0.6) is 5.75 Å². The van der Waals surface area contributed by atoms with Gasteiger partial charge in [-0.3, -0.25) is 39.0 Å². The van der Waals surface area contributed by atoms with Gasteiger partial charge in [0.1, 0.15) is 36.2 Å². The molecule has 0 fully saturated rings. The monoisotopic (exact) mass is 750 g/mol. The molecule has 1 aliphatic heterocycles. The van der Waals surface area contributed by atoms with E-state index in [1.807, 2.05) is 0 Å². The standard InChI is InChI=1S/C30H24Cl2N4O15/c31-18-3-14-23(13-1-2-20(36(47)48)25(33)24(13)30(45)46)15-4-19(32)27(44)17(6-35(9-49-11-37)10-50-12-38)29(15)51-28(14)16(26(18)43)5-34(7-21(39)40)8-22(41)42/h1-4,11-12,43H,5-10,33H2,(H,39,40)(H,41,42)(H,45,46). The van der Waals surface area contributed by atoms with Crippen molar-refractivity contribution in [3.8, 4) is 28.2 Å². The van der Waals surface area contributed by atoms with Crippen molar-refractivity contribution < 1.29 is 63.2 Å². The van der Waals surface area contributed by atoms with Gasteiger partial charge in [-0.1, -0.05) is 23.2 Å². The molecule has 1 aliphatic carbocycles. The Morgan fingerprint density at radius 2 is 1.51 bits per heavy atom. The zero-order valence-electron chi connectivity index (χ0n) is 25.7. The third kappa shape index (κ3) is 7.91. The molecule has 0 atom stereocenters. The maximum Gasteiger partial charge on any atom is 0.338 e. The molecule has 0 aromatic heterocycles. The number of ether oxygens (including phenoxy) is 2. The molecule has 0 unspecified atom stereocenters. The van der Waals surface area contributed by atoms with E-state index in [2.05, 4.69) is 0 Å². The van der Waals surface area contributed by atoms with Crippen molar-refractivity contribution >= 4 is 76.4 Å². The first kappa shape index (κ1) is 37.8. The highest BCUT2D eigenvalue weighted by Gasteiger charge is 2.32. The molecule has 2 aliphatic rings. The summed E-state index contributed by atoms with van der Waals surface area (Å²) in [5, 5.41) is 51.0. The summed E-state index contributed by atoms with van der Waals surface area (Å²) in [7, 11) is 0. The Kier molecular flexibility index (Phi) is 11.6. The smallest absolute Gasteiger partial charge is 0.338 e. The topological polar surface area (TPSA) is 291 Å². The van der Waals surface area contributed by atoms with E-state index in [4.69, 9.17) is 42.8 Å². The molecule has 2 aromatic rings. The van der Waals surface area contributed by atoms with Gasteiger partial charge in [-0.2, -0.15) is 0 Å². The maximum atomic E-state index is 13.6. The van der Waals surface area contributed by atoms with Crippen LogP contribution in [0.25, 0.3) is 33.4 Å². The number of aromatic hydroxyl groups is 1. The Labute approximate surface area is 294 Å². The summed E-state index contributed by atoms with van der Waals surface area (Å²) in [6, 6.07) is 4.19. The Balaban J connectivity index is 2.24. The van der Waals surface area contributed by atoms with E-state index in [1.165, 1.54) is 0 Å². The number of hydrogen-bond acceptors (Lipinski definition) is 15. The van der Waals surface area contributed by atoms with E-state index < -0.39 is 101 Å². The minimum atomic E-state index is -1.72. The number of phenolic OH excluding ortho intramolecular Hbond substituents is 1. The van der Waals surface area contributed by atoms with E-state index in [9.17, 15) is 59.3 Å². The first-order chi connectivity index (χ1) is 24.1. The van der Waals surface area contributed by atoms with Crippen LogP contribution >= 0.6 is 23.2 Å². The lowest BCUT2D eigenvalue weighted by atomic mass is 9.87. The molecule has 19 nitrogen and oxygen atoms in total. The van der Waals surface area contributed by atoms with Gasteiger partial charge in [-0.05, 0) is 18.2 Å². The van der Waals surface area contributed by atoms with Crippen LogP contribution in [0.15, 0.2) is 33.5 Å². The van der Waals surface area contributed by atoms with E-state index in [1.54, 1.807) is 0 Å². The third-order valence-electron chi connectivity index (χ3n) is 7.36. The average molecular weight is 751 g/mol. The molecule has 0 bridgehead atoms. The van der Waals surface area contributed by atoms with Crippen LogP contribution in [0.2, 0.25) is 10.0 Å². The first-order valence-corrected chi connectivity index (χ1v) is 14.8. The third-order valence-corrected chi connectivity index (χ3v) is 7.93. The average Bonchev–Trinajstić information content (AvgIpc) is 3.04. The number of nitro benzene ring substituents is 1. The lowest BCUT2D eigenvalue weighted by molar-refractivity contribution is -0.383. The summed E-state index contributed by atoms with van der Waals surface area (Å²) in [5.41, 5.74) is 1.30. The van der Waals surface area contributed by atoms with Gasteiger partial charge >= 0.3 is 17.9 Å². The number of fused-ring (bicyclic) bond motifs is 2. The van der Waals surface area contributed by atoms with Crippen molar-refractivity contribution in [3.05, 3.63) is 71.3 Å². The number of carboxylic acids is 3. The van der Waals surface area contributed by atoms with Gasteiger partial charge < -0.3 is 40.1 Å². The molecular weight excluding hydrogens is 727 g/mol. The highest BCUT2D eigenvalue weighted by molar-refractivity contribution is 6.33. The van der Waals surface area contributed by atoms with Crippen LogP contribution < -0.4 is 11.2 Å². The molecule has 4 rings (SSSR count). The summed E-state index contributed by atoms with van der Waals surface area (Å²) in [5.74, 6) is -5.67. The minimum absolute atomic E-state index is 0.0727. The summed E-state index contributed by atoms with van der Waals surface area (Å²) in [6.07, 6.45) is 0. The zero-order valence-corrected chi connectivity index (χ0v) is 27.2. The van der Waals surface area contributed by atoms with Crippen LogP contribution in [0.4, 0.5) is 11.4 Å². The van der Waals surface area contributed by atoms with Crippen molar-refractivity contribution in [1.82, 2.24) is 9.80 Å². The quantitative estimate of drug-likeness (QED) is 0.0259. The Morgan fingerprint density at radius 3 is 2.04 bits per heavy atom. The molecule has 0 amide bonds. The molecule has 268 valence electrons. The summed E-state index contributed by atoms with van der Waals surface area (Å²) < 4.78 is 15.7. The molecule has 2 aromatic carbocycles. The number of aliphatic carboxylic acids is 2. The van der Waals surface area contributed by atoms with E-state index in [-0.39, 0.29) is 57.5 Å². The maximum absolute atomic E-state index is 13.6. The van der Waals surface area contributed by atoms with Crippen molar-refractivity contribution in [2.45, 2.75) is 13.1 Å². The number of nitrogens with two attached hydrogens (primary N) is 1. The molecule has 0 saturated heterocycles. The number of benzene rings is 3. The second-order valence-corrected chi connectivity index (χ2v) is 11.4. The Morgan fingerprint density at radius 1 is 0.922 bits per heavy atom. The minimum Gasteiger partial charge on any atom is -0.506 e. The van der Waals surface area contributed by atoms with Crippen molar-refractivity contribution in [3.63, 3.8) is 0 Å². The molecular formula is C30H24Cl2N4O15. The number of halogens is 2. The van der Waals surface area contributed by atoms with Gasteiger partial charge in [-0.15, -0.1) is 0 Å². The zero-order chi connectivity index (χ0) is 37.7. The number of anilines is 1. The predicted molar refractivity (Wildman–Crippen MR) is 174 cm³/mol. The number of carboxylic acid groups (broad SMARTS) is 3. The number of rotatable bonds is 17. The van der Waals surface area contributed by atoms with Crippen molar-refractivity contribution in [2.24, 2.45) is 0 Å². The first-order valence-electron chi connectivity index (χ1n) is 14.0. The molecule has 1 heterocycles. The number of hydrogen-bond donors (Lipinski definition) is 5. The van der Waals surface area contributed by atoms with Gasteiger partial charge in [0.15, 0.2) is 0 Å². The fourth-order valence-corrected chi connectivity index (χ4v) is 5.83. The Hall–Kier alpha value is -6.02. The fourth-order valence-electron chi connectivity index (χ4n) is 5.38. The number of nitro groups is 1. The van der Waals surface area contributed by atoms with Crippen LogP contribution in [-0.4, -0.2) is 92.6 Å². The second kappa shape index (κ2) is 15.7. The molecule has 0 saturated carbocycles. The lowest BCUT2D eigenvalue weighted by Gasteiger charge is -2.25. The van der Waals surface area contributed by atoms with E-state index >= 15 is 0 Å². The Bertz CT molecular complexity index is 2090. The second-order valence-electron chi connectivity index (χ2n) is 10.6. The van der Waals surface area contributed by atoms with Crippen LogP contribution in [0.3, 0.4) is 0 Å². The van der Waals surface area contributed by atoms with Gasteiger partial charge in [-0.25, -0.2) is 9.69 Å². The van der Waals surface area contributed by atoms with Gasteiger partial charge in [0.2, 0.25) is 5.43 Å². The number of carbonyl (C=O) groups is 5. The lowest BCUT2D eigenvalue weighted by Crippen LogP contribution is -2.34. The fraction of sp³-hybridized carbons (Fsp3) is 0.200. The number of carbonyl (C=O) groups excluding carboxylic acids is 2. The van der Waals surface area contributed by atoms with E-state index in [0.717, 1.165) is 34.1 Å². The normalized spacial score (nSPS) is 11.2. The number of nitrogen functional groups attached to an aromatic ring is 1. The van der Waals surface area contributed by atoms with Gasteiger partial charge in [0.05, 0.1) is 44.7 Å². The van der Waals surface area contributed by atoms with Crippen molar-refractivity contribution in [2.75, 3.05) is 32.3 Å². The highest BCUT2D eigenvalue weighted by atomic mass is 35.5. The van der Waals surface area contributed by atoms with Crippen LogP contribution in [0, 0.1) is 10.1 Å². The summed E-state index contributed by atoms with van der Waals surface area (Å²) in [4.78, 5) is 84.2. The molecule has 21 heteroatoms. The van der Waals surface area contributed by atoms with Crippen LogP contribution in [0.1, 0.15) is 21.5 Å². The molecule has 6 N–H and O–H groups in total. The highest BCUT2D eigenvalue weighted by Crippen LogP contribution is 2.49. The summed E-state index contributed by atoms with van der Waals surface area (Å²) in [6.45, 7) is -3.79. The SMILES string of the molecule is Nc1c([N+](=O)[O-])ccc(-c2c3cc(Cl)c(=O)c(CN(COC=O)COC=O)c-3oc3c(CN(CC(=O)O)CC(=O)O)c(O)c(Cl)cc23)c1C(=O)O. The van der Waals surface area contributed by atoms with Gasteiger partial charge in [0, 0.05) is 41.2 Å². The number of phenols is 1. The van der Waals surface area contributed by atoms with Gasteiger partial charge in [0.25, 0.3) is 18.6 Å². The molecule has 0 radical (unpaired) electrons. The molecule has 0 spiro atoms. The summed E-state index contributed by atoms with van der Waals surface area (Å²) >= 11 is 12.8. The van der Waals surface area contributed by atoms with E-state index in [0.29, 0.717) is 0 Å². The number of aromatic carboxylic acids is 1. The number of nitrogens with zero attached hydrogens (tertiary/aromatic N) is 3. The predicted octanol–water partition coefficient (Wildman–Crippen LogP) is 2.80. The largest absolute Gasteiger partial charge is 0.506 e. The molecule has 51 heavy (non-hydrogen) atoms. The van der Waals surface area contributed by atoms with Crippen LogP contribution in [-0.2, 0) is 41.7 Å².